The van der Waals surface area contributed by atoms with E-state index in [9.17, 15) is 22.0 Å². The highest BCUT2D eigenvalue weighted by atomic mass is 19.4. The lowest BCUT2D eigenvalue weighted by molar-refractivity contribution is -0.151. The lowest BCUT2D eigenvalue weighted by Gasteiger charge is -2.14. The summed E-state index contributed by atoms with van der Waals surface area (Å²) in [6.07, 6.45) is -7.91. The zero-order valence-corrected chi connectivity index (χ0v) is 5.72. The number of alkyl halides is 5. The zero-order valence-electron chi connectivity index (χ0n) is 5.72. The summed E-state index contributed by atoms with van der Waals surface area (Å²) < 4.78 is 58.3. The van der Waals surface area contributed by atoms with Gasteiger partial charge in [0.25, 0.3) is 0 Å². The topological polar surface area (TPSA) is 0 Å². The highest BCUT2D eigenvalue weighted by Gasteiger charge is 2.34. The molecule has 0 aromatic rings. The molecular formula is C6H8F5. The van der Waals surface area contributed by atoms with Gasteiger partial charge < -0.3 is 0 Å². The van der Waals surface area contributed by atoms with E-state index >= 15 is 0 Å². The highest BCUT2D eigenvalue weighted by molar-refractivity contribution is 4.69. The Bertz CT molecular complexity index is 115. The zero-order chi connectivity index (χ0) is 9.12. The van der Waals surface area contributed by atoms with Crippen LogP contribution in [-0.4, -0.2) is 12.1 Å². The van der Waals surface area contributed by atoms with Gasteiger partial charge in [-0.15, -0.1) is 0 Å². The third-order valence-corrected chi connectivity index (χ3v) is 1.14. The molecule has 0 aliphatic rings. The van der Waals surface area contributed by atoms with Gasteiger partial charge in [-0.1, -0.05) is 0 Å². The number of hydrogen-bond acceptors (Lipinski definition) is 0. The van der Waals surface area contributed by atoms with Gasteiger partial charge in [-0.25, -0.2) is 8.78 Å². The predicted octanol–water partition coefficient (Wildman–Crippen LogP) is 3.19. The molecule has 0 aliphatic heterocycles. The van der Waals surface area contributed by atoms with Crippen LogP contribution in [0.3, 0.4) is 0 Å². The highest BCUT2D eigenvalue weighted by Crippen LogP contribution is 2.30. The average molecular weight is 175 g/mol. The van der Waals surface area contributed by atoms with Crippen LogP contribution in [0, 0.1) is 6.92 Å². The summed E-state index contributed by atoms with van der Waals surface area (Å²) in [5.41, 5.74) is 0. The first-order valence-electron chi connectivity index (χ1n) is 3.01. The second-order valence-corrected chi connectivity index (χ2v) is 2.22. The number of rotatable bonds is 3. The molecule has 67 valence electrons. The van der Waals surface area contributed by atoms with E-state index in [0.29, 0.717) is 0 Å². The molecule has 0 amide bonds. The van der Waals surface area contributed by atoms with Gasteiger partial charge in [0.05, 0.1) is 0 Å². The van der Waals surface area contributed by atoms with Crippen LogP contribution in [0.4, 0.5) is 22.0 Å². The average Bonchev–Trinajstić information content (AvgIpc) is 1.83. The Morgan fingerprint density at radius 1 is 0.909 bits per heavy atom. The molecule has 0 rings (SSSR count). The summed E-state index contributed by atoms with van der Waals surface area (Å²) in [6.45, 7) is 2.84. The van der Waals surface area contributed by atoms with Gasteiger partial charge >= 0.3 is 6.18 Å². The third-order valence-electron chi connectivity index (χ3n) is 1.14. The molecule has 11 heavy (non-hydrogen) atoms. The molecule has 0 spiro atoms. The van der Waals surface area contributed by atoms with Crippen molar-refractivity contribution >= 4 is 0 Å². The molecular weight excluding hydrogens is 167 g/mol. The van der Waals surface area contributed by atoms with Crippen LogP contribution in [0.15, 0.2) is 0 Å². The lowest BCUT2D eigenvalue weighted by atomic mass is 10.1. The normalized spacial score (nSPS) is 13.6. The molecule has 0 fully saturated rings. The molecule has 0 heterocycles. The molecule has 0 aromatic heterocycles. The molecule has 0 aliphatic carbocycles. The summed E-state index contributed by atoms with van der Waals surface area (Å²) >= 11 is 0. The molecule has 0 bridgehead atoms. The van der Waals surface area contributed by atoms with Crippen molar-refractivity contribution in [2.24, 2.45) is 0 Å². The first-order valence-corrected chi connectivity index (χ1v) is 3.01. The Balaban J connectivity index is 3.70. The molecule has 5 heteroatoms. The van der Waals surface area contributed by atoms with Gasteiger partial charge in [0.15, 0.2) is 0 Å². The van der Waals surface area contributed by atoms with Crippen LogP contribution >= 0.6 is 0 Å². The monoisotopic (exact) mass is 175 g/mol. The molecule has 0 aromatic carbocycles. The molecule has 1 radical (unpaired) electrons. The van der Waals surface area contributed by atoms with Crippen LogP contribution in [0.5, 0.6) is 0 Å². The molecule has 0 saturated carbocycles. The van der Waals surface area contributed by atoms with Gasteiger partial charge in [0.1, 0.15) is 0 Å². The summed E-state index contributed by atoms with van der Waals surface area (Å²) in [5.74, 6) is -3.28. The first-order chi connectivity index (χ1) is 4.77. The third kappa shape index (κ3) is 6.06. The van der Waals surface area contributed by atoms with Crippen LogP contribution in [-0.2, 0) is 0 Å². The number of hydrogen-bond donors (Lipinski definition) is 0. The maximum Gasteiger partial charge on any atom is 0.389 e. The van der Waals surface area contributed by atoms with Crippen molar-refractivity contribution in [2.45, 2.75) is 31.4 Å². The van der Waals surface area contributed by atoms with E-state index in [4.69, 9.17) is 0 Å². The van der Waals surface area contributed by atoms with Crippen molar-refractivity contribution in [3.63, 3.8) is 0 Å². The summed E-state index contributed by atoms with van der Waals surface area (Å²) in [7, 11) is 0. The molecule has 0 saturated heterocycles. The Morgan fingerprint density at radius 3 is 1.64 bits per heavy atom. The van der Waals surface area contributed by atoms with Crippen LogP contribution in [0.25, 0.3) is 0 Å². The van der Waals surface area contributed by atoms with E-state index in [-0.39, 0.29) is 0 Å². The van der Waals surface area contributed by atoms with Crippen LogP contribution in [0.2, 0.25) is 0 Å². The molecule has 0 N–H and O–H groups in total. The minimum atomic E-state index is -4.50. The quantitative estimate of drug-likeness (QED) is 0.578. The minimum absolute atomic E-state index is 0.789. The van der Waals surface area contributed by atoms with E-state index in [1.54, 1.807) is 0 Å². The van der Waals surface area contributed by atoms with Crippen molar-refractivity contribution in [3.05, 3.63) is 6.92 Å². The second-order valence-electron chi connectivity index (χ2n) is 2.22. The van der Waals surface area contributed by atoms with Gasteiger partial charge in [-0.3, -0.25) is 0 Å². The molecule has 0 unspecified atom stereocenters. The van der Waals surface area contributed by atoms with Crippen LogP contribution < -0.4 is 0 Å². The van der Waals surface area contributed by atoms with Crippen LogP contribution in [0.1, 0.15) is 19.3 Å². The van der Waals surface area contributed by atoms with E-state index in [1.807, 2.05) is 0 Å². The van der Waals surface area contributed by atoms with Crippen molar-refractivity contribution in [1.29, 1.82) is 0 Å². The standard InChI is InChI=1S/C6H8F5/c1-2-5(7,8)3-4-6(9,10)11/h1-4H2. The van der Waals surface area contributed by atoms with Crippen molar-refractivity contribution < 1.29 is 22.0 Å². The van der Waals surface area contributed by atoms with Gasteiger partial charge in [-0.05, 0) is 6.92 Å². The van der Waals surface area contributed by atoms with E-state index in [2.05, 4.69) is 6.92 Å². The summed E-state index contributed by atoms with van der Waals surface area (Å²) in [6, 6.07) is 0. The molecule has 0 atom stereocenters. The maximum atomic E-state index is 12.1. The first kappa shape index (κ1) is 10.7. The fourth-order valence-electron chi connectivity index (χ4n) is 0.450. The summed E-state index contributed by atoms with van der Waals surface area (Å²) in [5, 5.41) is 0. The largest absolute Gasteiger partial charge is 0.389 e. The lowest BCUT2D eigenvalue weighted by Crippen LogP contribution is -2.19. The van der Waals surface area contributed by atoms with Gasteiger partial charge in [0.2, 0.25) is 5.92 Å². The second kappa shape index (κ2) is 3.36. The van der Waals surface area contributed by atoms with Crippen molar-refractivity contribution in [1.82, 2.24) is 0 Å². The van der Waals surface area contributed by atoms with Gasteiger partial charge in [-0.2, -0.15) is 13.2 Å². The summed E-state index contributed by atoms with van der Waals surface area (Å²) in [4.78, 5) is 0. The van der Waals surface area contributed by atoms with Crippen molar-refractivity contribution in [2.75, 3.05) is 0 Å². The van der Waals surface area contributed by atoms with E-state index in [1.165, 1.54) is 0 Å². The Hall–Kier alpha value is -0.350. The smallest absolute Gasteiger partial charge is 0.207 e. The number of halogens is 5. The molecule has 0 nitrogen and oxygen atoms in total. The maximum absolute atomic E-state index is 12.1. The van der Waals surface area contributed by atoms with E-state index in [0.717, 1.165) is 0 Å². The SMILES string of the molecule is [CH2]CC(F)(F)CCC(F)(F)F. The Labute approximate surface area is 61.4 Å². The Morgan fingerprint density at radius 2 is 1.36 bits per heavy atom. The predicted molar refractivity (Wildman–Crippen MR) is 30.2 cm³/mol. The fraction of sp³-hybridized carbons (Fsp3) is 0.833. The van der Waals surface area contributed by atoms with Crippen molar-refractivity contribution in [3.8, 4) is 0 Å². The van der Waals surface area contributed by atoms with E-state index < -0.39 is 31.4 Å². The fourth-order valence-corrected chi connectivity index (χ4v) is 0.450. The minimum Gasteiger partial charge on any atom is -0.207 e. The Kier molecular flexibility index (Phi) is 3.26. The van der Waals surface area contributed by atoms with Gasteiger partial charge in [0, 0.05) is 19.3 Å².